The highest BCUT2D eigenvalue weighted by molar-refractivity contribution is 7.89. The first-order valence-electron chi connectivity index (χ1n) is 10.1. The summed E-state index contributed by atoms with van der Waals surface area (Å²) >= 11 is 0. The van der Waals surface area contributed by atoms with Crippen LogP contribution in [0.4, 0.5) is 5.69 Å². The van der Waals surface area contributed by atoms with Crippen LogP contribution in [0, 0.1) is 0 Å². The third-order valence-corrected chi connectivity index (χ3v) is 8.45. The smallest absolute Gasteiger partial charge is 0.247 e. The molecule has 1 atom stereocenters. The van der Waals surface area contributed by atoms with Gasteiger partial charge in [-0.15, -0.1) is 0 Å². The van der Waals surface area contributed by atoms with Gasteiger partial charge in [-0.1, -0.05) is 30.3 Å². The fourth-order valence-corrected chi connectivity index (χ4v) is 5.64. The van der Waals surface area contributed by atoms with Crippen molar-refractivity contribution in [2.24, 2.45) is 0 Å². The Morgan fingerprint density at radius 1 is 1.09 bits per heavy atom. The average molecular weight is 498 g/mol. The number of benzene rings is 2. The Bertz CT molecular complexity index is 1200. The summed E-state index contributed by atoms with van der Waals surface area (Å²) < 4.78 is 63.5. The monoisotopic (exact) mass is 497 g/mol. The summed E-state index contributed by atoms with van der Waals surface area (Å²) in [7, 11) is -4.94. The third-order valence-electron chi connectivity index (χ3n) is 5.27. The zero-order chi connectivity index (χ0) is 24.2. The number of amides is 1. The number of sulfonamides is 2. The van der Waals surface area contributed by atoms with E-state index in [1.54, 1.807) is 30.3 Å². The molecule has 12 heteroatoms. The fourth-order valence-electron chi connectivity index (χ4n) is 3.45. The van der Waals surface area contributed by atoms with Crippen LogP contribution in [0.1, 0.15) is 11.6 Å². The number of rotatable bonds is 8. The molecule has 0 radical (unpaired) electrons. The lowest BCUT2D eigenvalue weighted by atomic mass is 10.1. The van der Waals surface area contributed by atoms with Crippen molar-refractivity contribution in [2.45, 2.75) is 10.9 Å². The minimum atomic E-state index is -3.90. The van der Waals surface area contributed by atoms with Gasteiger partial charge in [0.05, 0.1) is 26.6 Å². The average Bonchev–Trinajstić information content (AvgIpc) is 2.80. The molecule has 1 saturated heterocycles. The van der Waals surface area contributed by atoms with Gasteiger partial charge in [0.1, 0.15) is 16.7 Å². The molecule has 0 spiro atoms. The van der Waals surface area contributed by atoms with Crippen LogP contribution < -0.4 is 10.1 Å². The van der Waals surface area contributed by atoms with Crippen molar-refractivity contribution in [3.05, 3.63) is 54.1 Å². The van der Waals surface area contributed by atoms with Gasteiger partial charge in [0.15, 0.2) is 0 Å². The Kier molecular flexibility index (Phi) is 7.75. The van der Waals surface area contributed by atoms with Crippen LogP contribution in [0.25, 0.3) is 0 Å². The second-order valence-electron chi connectivity index (χ2n) is 7.46. The number of carbonyl (C=O) groups excluding carboxylic acids is 1. The van der Waals surface area contributed by atoms with E-state index in [1.807, 2.05) is 0 Å². The lowest BCUT2D eigenvalue weighted by molar-refractivity contribution is -0.119. The zero-order valence-electron chi connectivity index (χ0n) is 18.6. The second kappa shape index (κ2) is 10.2. The van der Waals surface area contributed by atoms with E-state index in [1.165, 1.54) is 36.7 Å². The van der Waals surface area contributed by atoms with Crippen LogP contribution in [0.5, 0.6) is 5.75 Å². The number of methoxy groups -OCH3 is 1. The molecule has 10 nitrogen and oxygen atoms in total. The molecular formula is C21H27N3O7S2. The Morgan fingerprint density at radius 2 is 1.73 bits per heavy atom. The molecule has 1 aliphatic heterocycles. The summed E-state index contributed by atoms with van der Waals surface area (Å²) in [6.07, 6.45) is 1.01. The van der Waals surface area contributed by atoms with Gasteiger partial charge in [-0.05, 0) is 23.8 Å². The zero-order valence-corrected chi connectivity index (χ0v) is 20.2. The topological polar surface area (TPSA) is 122 Å². The first-order chi connectivity index (χ1) is 15.6. The van der Waals surface area contributed by atoms with E-state index in [9.17, 15) is 21.6 Å². The first-order valence-corrected chi connectivity index (χ1v) is 13.4. The molecule has 2 aromatic carbocycles. The summed E-state index contributed by atoms with van der Waals surface area (Å²) in [6.45, 7) is 0.984. The largest absolute Gasteiger partial charge is 0.495 e. The third kappa shape index (κ3) is 5.71. The molecule has 1 N–H and O–H groups in total. The van der Waals surface area contributed by atoms with Crippen molar-refractivity contribution in [3.63, 3.8) is 0 Å². The highest BCUT2D eigenvalue weighted by atomic mass is 32.2. The molecule has 1 heterocycles. The van der Waals surface area contributed by atoms with Gasteiger partial charge in [0, 0.05) is 25.8 Å². The molecule has 0 unspecified atom stereocenters. The molecule has 0 aliphatic carbocycles. The maximum Gasteiger partial charge on any atom is 0.247 e. The first kappa shape index (κ1) is 25.1. The Balaban J connectivity index is 1.96. The predicted octanol–water partition coefficient (Wildman–Crippen LogP) is 1.29. The molecule has 0 bridgehead atoms. The van der Waals surface area contributed by atoms with Gasteiger partial charge in [-0.3, -0.25) is 4.79 Å². The van der Waals surface area contributed by atoms with E-state index < -0.39 is 32.0 Å². The molecule has 1 fully saturated rings. The van der Waals surface area contributed by atoms with E-state index in [0.717, 1.165) is 10.6 Å². The maximum absolute atomic E-state index is 13.2. The van der Waals surface area contributed by atoms with Gasteiger partial charge < -0.3 is 14.8 Å². The number of hydrogen-bond acceptors (Lipinski definition) is 7. The van der Waals surface area contributed by atoms with E-state index in [0.29, 0.717) is 5.56 Å². The lowest BCUT2D eigenvalue weighted by Crippen LogP contribution is -2.40. The number of likely N-dealkylation sites (N-methyl/N-ethyl adjacent to an activating group) is 1. The fraction of sp³-hybridized carbons (Fsp3) is 0.381. The van der Waals surface area contributed by atoms with Gasteiger partial charge in [0.2, 0.25) is 26.0 Å². The molecule has 0 aromatic heterocycles. The van der Waals surface area contributed by atoms with E-state index in [2.05, 4.69) is 5.32 Å². The van der Waals surface area contributed by atoms with Gasteiger partial charge in [-0.2, -0.15) is 8.61 Å². The number of hydrogen-bond donors (Lipinski definition) is 1. The van der Waals surface area contributed by atoms with Crippen LogP contribution in [0.3, 0.4) is 0 Å². The maximum atomic E-state index is 13.2. The number of morpholine rings is 1. The van der Waals surface area contributed by atoms with Gasteiger partial charge >= 0.3 is 0 Å². The van der Waals surface area contributed by atoms with Crippen LogP contribution in [0.2, 0.25) is 0 Å². The molecule has 1 aliphatic rings. The Labute approximate surface area is 194 Å². The summed E-state index contributed by atoms with van der Waals surface area (Å²) in [4.78, 5) is 13.1. The van der Waals surface area contributed by atoms with Gasteiger partial charge in [-0.25, -0.2) is 16.8 Å². The number of nitrogens with zero attached hydrogens (tertiary/aromatic N) is 2. The van der Waals surface area contributed by atoms with E-state index in [-0.39, 0.29) is 42.6 Å². The normalized spacial score (nSPS) is 16.4. The second-order valence-corrected chi connectivity index (χ2v) is 11.4. The van der Waals surface area contributed by atoms with Crippen molar-refractivity contribution in [1.29, 1.82) is 0 Å². The summed E-state index contributed by atoms with van der Waals surface area (Å²) in [5.41, 5.74) is 0.660. The Hall–Kier alpha value is -2.51. The van der Waals surface area contributed by atoms with Crippen molar-refractivity contribution in [2.75, 3.05) is 52.0 Å². The van der Waals surface area contributed by atoms with Crippen molar-refractivity contribution in [1.82, 2.24) is 8.61 Å². The highest BCUT2D eigenvalue weighted by Crippen LogP contribution is 2.31. The molecule has 33 heavy (non-hydrogen) atoms. The molecule has 3 rings (SSSR count). The minimum Gasteiger partial charge on any atom is -0.495 e. The molecule has 1 amide bonds. The van der Waals surface area contributed by atoms with Crippen LogP contribution in [-0.4, -0.2) is 78.1 Å². The molecule has 180 valence electrons. The predicted molar refractivity (Wildman–Crippen MR) is 123 cm³/mol. The molecule has 2 aromatic rings. The van der Waals surface area contributed by atoms with Crippen molar-refractivity contribution >= 4 is 31.6 Å². The van der Waals surface area contributed by atoms with Crippen molar-refractivity contribution < 1.29 is 31.1 Å². The lowest BCUT2D eigenvalue weighted by Gasteiger charge is -2.27. The number of anilines is 1. The van der Waals surface area contributed by atoms with Gasteiger partial charge in [0.25, 0.3) is 0 Å². The highest BCUT2D eigenvalue weighted by Gasteiger charge is 2.32. The summed E-state index contributed by atoms with van der Waals surface area (Å²) in [6, 6.07) is 11.6. The number of carbonyl (C=O) groups is 1. The summed E-state index contributed by atoms with van der Waals surface area (Å²) in [5, 5.41) is 2.65. The van der Waals surface area contributed by atoms with Crippen LogP contribution in [-0.2, 0) is 29.6 Å². The Morgan fingerprint density at radius 3 is 2.30 bits per heavy atom. The van der Waals surface area contributed by atoms with Crippen LogP contribution in [0.15, 0.2) is 53.4 Å². The summed E-state index contributed by atoms with van der Waals surface area (Å²) in [5.74, 6) is -0.499. The SMILES string of the molecule is COc1ccc(NC(=O)[C@@H](c2ccccc2)N(C)S(C)(=O)=O)cc1S(=O)(=O)N1CCOCC1. The van der Waals surface area contributed by atoms with E-state index >= 15 is 0 Å². The number of ether oxygens (including phenoxy) is 2. The van der Waals surface area contributed by atoms with E-state index in [4.69, 9.17) is 9.47 Å². The molecule has 0 saturated carbocycles. The van der Waals surface area contributed by atoms with Crippen molar-refractivity contribution in [3.8, 4) is 5.75 Å². The standard InChI is InChI=1S/C21H27N3O7S2/c1-23(32(3,26)27)20(16-7-5-4-6-8-16)21(25)22-17-9-10-18(30-2)19(15-17)33(28,29)24-11-13-31-14-12-24/h4-10,15,20H,11-14H2,1-3H3,(H,22,25)/t20-/m1/s1. The molecular weight excluding hydrogens is 470 g/mol. The number of nitrogens with one attached hydrogen (secondary N) is 1. The minimum absolute atomic E-state index is 0.0996. The van der Waals surface area contributed by atoms with Crippen LogP contribution >= 0.6 is 0 Å². The quantitative estimate of drug-likeness (QED) is 0.583.